The second kappa shape index (κ2) is 6.59. The van der Waals surface area contributed by atoms with Crippen molar-refractivity contribution in [2.24, 2.45) is 0 Å². The summed E-state index contributed by atoms with van der Waals surface area (Å²) in [7, 11) is 0. The van der Waals surface area contributed by atoms with Gasteiger partial charge in [0.1, 0.15) is 15.6 Å². The first-order valence-corrected chi connectivity index (χ1v) is 9.56. The summed E-state index contributed by atoms with van der Waals surface area (Å²) in [6, 6.07) is 3.83. The van der Waals surface area contributed by atoms with E-state index in [2.05, 4.69) is 9.97 Å². The van der Waals surface area contributed by atoms with Gasteiger partial charge in [-0.3, -0.25) is 9.78 Å². The van der Waals surface area contributed by atoms with Crippen LogP contribution in [-0.2, 0) is 5.60 Å². The lowest BCUT2D eigenvalue weighted by atomic mass is 9.87. The Morgan fingerprint density at radius 3 is 2.70 bits per heavy atom. The predicted molar refractivity (Wildman–Crippen MR) is 91.9 cm³/mol. The normalized spacial score (nSPS) is 17.3. The van der Waals surface area contributed by atoms with E-state index in [4.69, 9.17) is 0 Å². The van der Waals surface area contributed by atoms with Crippen molar-refractivity contribution in [3.05, 3.63) is 40.7 Å². The van der Waals surface area contributed by atoms with Crippen molar-refractivity contribution >= 4 is 29.0 Å². The molecular weight excluding hydrogens is 330 g/mol. The van der Waals surface area contributed by atoms with Gasteiger partial charge in [-0.1, -0.05) is 17.8 Å². The number of thiazole rings is 1. The Kier molecular flexibility index (Phi) is 4.70. The zero-order valence-corrected chi connectivity index (χ0v) is 14.8. The molecule has 0 bridgehead atoms. The van der Waals surface area contributed by atoms with E-state index >= 15 is 0 Å². The van der Waals surface area contributed by atoms with E-state index in [-0.39, 0.29) is 5.91 Å². The Hall–Kier alpha value is -1.44. The van der Waals surface area contributed by atoms with Crippen molar-refractivity contribution in [1.29, 1.82) is 0 Å². The first-order valence-electron chi connectivity index (χ1n) is 7.46. The highest BCUT2D eigenvalue weighted by Crippen LogP contribution is 2.32. The molecule has 2 aromatic rings. The van der Waals surface area contributed by atoms with Crippen molar-refractivity contribution in [3.8, 4) is 0 Å². The molecule has 0 radical (unpaired) electrons. The number of likely N-dealkylation sites (tertiary alicyclic amines) is 1. The molecule has 23 heavy (non-hydrogen) atoms. The Labute approximate surface area is 143 Å². The van der Waals surface area contributed by atoms with Gasteiger partial charge >= 0.3 is 0 Å². The molecule has 7 heteroatoms. The highest BCUT2D eigenvalue weighted by Gasteiger charge is 2.37. The van der Waals surface area contributed by atoms with E-state index in [1.807, 2.05) is 25.3 Å². The second-order valence-corrected chi connectivity index (χ2v) is 7.66. The number of carbonyl (C=O) groups is 1. The van der Waals surface area contributed by atoms with E-state index < -0.39 is 5.60 Å². The molecule has 0 unspecified atom stereocenters. The van der Waals surface area contributed by atoms with Gasteiger partial charge in [0.05, 0.1) is 5.69 Å². The summed E-state index contributed by atoms with van der Waals surface area (Å²) in [5, 5.41) is 12.6. The monoisotopic (exact) mass is 349 g/mol. The third-order valence-corrected chi connectivity index (χ3v) is 6.01. The summed E-state index contributed by atoms with van der Waals surface area (Å²) in [4.78, 5) is 22.9. The average molecular weight is 349 g/mol. The minimum absolute atomic E-state index is 0.0551. The molecule has 3 heterocycles. The molecule has 1 N–H and O–H groups in total. The van der Waals surface area contributed by atoms with E-state index in [0.717, 1.165) is 9.90 Å². The Balaban J connectivity index is 1.67. The van der Waals surface area contributed by atoms with Crippen LogP contribution in [0.1, 0.15) is 34.6 Å². The lowest BCUT2D eigenvalue weighted by molar-refractivity contribution is -0.0245. The number of aliphatic hydroxyl groups is 1. The number of aryl methyl sites for hydroxylation is 1. The van der Waals surface area contributed by atoms with Crippen LogP contribution in [0.5, 0.6) is 0 Å². The van der Waals surface area contributed by atoms with Crippen LogP contribution in [0.15, 0.2) is 28.0 Å². The number of amides is 1. The van der Waals surface area contributed by atoms with Gasteiger partial charge in [0.2, 0.25) is 0 Å². The molecule has 122 valence electrons. The smallest absolute Gasteiger partial charge is 0.273 e. The molecule has 1 aliphatic heterocycles. The summed E-state index contributed by atoms with van der Waals surface area (Å²) >= 11 is 3.03. The lowest BCUT2D eigenvalue weighted by Crippen LogP contribution is -2.45. The zero-order chi connectivity index (χ0) is 16.4. The molecule has 1 fully saturated rings. The number of piperidine rings is 1. The van der Waals surface area contributed by atoms with Gasteiger partial charge in [-0.2, -0.15) is 0 Å². The third kappa shape index (κ3) is 3.41. The Morgan fingerprint density at radius 2 is 2.13 bits per heavy atom. The van der Waals surface area contributed by atoms with Gasteiger partial charge in [-0.25, -0.2) is 4.98 Å². The highest BCUT2D eigenvalue weighted by molar-refractivity contribution is 8.00. The van der Waals surface area contributed by atoms with Crippen LogP contribution in [0.3, 0.4) is 0 Å². The van der Waals surface area contributed by atoms with Crippen LogP contribution in [0.4, 0.5) is 0 Å². The van der Waals surface area contributed by atoms with Gasteiger partial charge in [-0.15, -0.1) is 11.3 Å². The molecule has 0 atom stereocenters. The molecule has 5 nitrogen and oxygen atoms in total. The van der Waals surface area contributed by atoms with Crippen molar-refractivity contribution < 1.29 is 9.90 Å². The van der Waals surface area contributed by atoms with Crippen LogP contribution in [-0.4, -0.2) is 45.2 Å². The minimum Gasteiger partial charge on any atom is -0.383 e. The van der Waals surface area contributed by atoms with Gasteiger partial charge in [0.25, 0.3) is 5.91 Å². The van der Waals surface area contributed by atoms with Crippen molar-refractivity contribution in [2.75, 3.05) is 19.3 Å². The van der Waals surface area contributed by atoms with Crippen molar-refractivity contribution in [1.82, 2.24) is 14.9 Å². The first kappa shape index (κ1) is 16.4. The number of pyridine rings is 1. The van der Waals surface area contributed by atoms with Gasteiger partial charge < -0.3 is 10.0 Å². The molecule has 3 rings (SSSR count). The maximum absolute atomic E-state index is 12.5. The fourth-order valence-corrected chi connectivity index (χ4v) is 3.93. The molecule has 0 aliphatic carbocycles. The lowest BCUT2D eigenvalue weighted by Gasteiger charge is -2.37. The summed E-state index contributed by atoms with van der Waals surface area (Å²) in [6.07, 6.45) is 4.70. The number of rotatable bonds is 3. The predicted octanol–water partition coefficient (Wildman–Crippen LogP) is 2.69. The van der Waals surface area contributed by atoms with E-state index in [9.17, 15) is 9.90 Å². The molecule has 0 saturated carbocycles. The van der Waals surface area contributed by atoms with Gasteiger partial charge in [0.15, 0.2) is 0 Å². The first-order chi connectivity index (χ1) is 11.0. The largest absolute Gasteiger partial charge is 0.383 e. The summed E-state index contributed by atoms with van der Waals surface area (Å²) in [5.74, 6) is -0.0551. The van der Waals surface area contributed by atoms with Crippen LogP contribution < -0.4 is 0 Å². The Morgan fingerprint density at radius 1 is 1.39 bits per heavy atom. The maximum Gasteiger partial charge on any atom is 0.273 e. The van der Waals surface area contributed by atoms with Crippen LogP contribution in [0.2, 0.25) is 0 Å². The third-order valence-electron chi connectivity index (χ3n) is 4.14. The quantitative estimate of drug-likeness (QED) is 0.863. The summed E-state index contributed by atoms with van der Waals surface area (Å²) in [6.45, 7) is 2.99. The Bertz CT molecular complexity index is 692. The standard InChI is InChI=1S/C16H19N3O2S2/c1-11-3-4-13(17-9-11)16(21)5-7-19(8-6-16)14(20)12-10-23-15(18-12)22-2/h3-4,9-10,21H,5-8H2,1-2H3. The number of nitrogens with zero attached hydrogens (tertiary/aromatic N) is 3. The number of carbonyl (C=O) groups excluding carboxylic acids is 1. The zero-order valence-electron chi connectivity index (χ0n) is 13.2. The molecule has 0 spiro atoms. The fraction of sp³-hybridized carbons (Fsp3) is 0.438. The molecule has 1 amide bonds. The number of hydrogen-bond acceptors (Lipinski definition) is 6. The number of aromatic nitrogens is 2. The van der Waals surface area contributed by atoms with Crippen LogP contribution in [0, 0.1) is 6.92 Å². The van der Waals surface area contributed by atoms with Crippen molar-refractivity contribution in [2.45, 2.75) is 29.7 Å². The summed E-state index contributed by atoms with van der Waals surface area (Å²) in [5.41, 5.74) is 1.31. The maximum atomic E-state index is 12.5. The minimum atomic E-state index is -0.947. The van der Waals surface area contributed by atoms with Crippen LogP contribution in [0.25, 0.3) is 0 Å². The van der Waals surface area contributed by atoms with Gasteiger partial charge in [0, 0.05) is 24.7 Å². The molecule has 1 aliphatic rings. The molecule has 1 saturated heterocycles. The topological polar surface area (TPSA) is 66.3 Å². The van der Waals surface area contributed by atoms with Gasteiger partial charge in [-0.05, 0) is 37.7 Å². The molecule has 0 aromatic carbocycles. The van der Waals surface area contributed by atoms with Crippen LogP contribution >= 0.6 is 23.1 Å². The molecular formula is C16H19N3O2S2. The second-order valence-electron chi connectivity index (χ2n) is 5.75. The SMILES string of the molecule is CSc1nc(C(=O)N2CCC(O)(c3ccc(C)cn3)CC2)cs1. The molecule has 2 aromatic heterocycles. The van der Waals surface area contributed by atoms with Crippen molar-refractivity contribution in [3.63, 3.8) is 0 Å². The number of hydrogen-bond donors (Lipinski definition) is 1. The number of thioether (sulfide) groups is 1. The van der Waals surface area contributed by atoms with E-state index in [0.29, 0.717) is 37.3 Å². The summed E-state index contributed by atoms with van der Waals surface area (Å²) < 4.78 is 0.894. The van der Waals surface area contributed by atoms with E-state index in [1.54, 1.807) is 28.2 Å². The van der Waals surface area contributed by atoms with E-state index in [1.165, 1.54) is 11.3 Å². The highest BCUT2D eigenvalue weighted by atomic mass is 32.2. The average Bonchev–Trinajstić information content (AvgIpc) is 3.04. The fourth-order valence-electron chi connectivity index (χ4n) is 2.69.